The molecule has 0 saturated heterocycles. The number of halogens is 4. The molecular formula is C14H11BrClFIN. The zero-order chi connectivity index (χ0) is 14.0. The summed E-state index contributed by atoms with van der Waals surface area (Å²) in [5.74, 6) is -0.408. The summed E-state index contributed by atoms with van der Waals surface area (Å²) in [6.45, 7) is 0. The lowest BCUT2D eigenvalue weighted by molar-refractivity contribution is 0.626. The Morgan fingerprint density at radius 2 is 2.00 bits per heavy atom. The average Bonchev–Trinajstić information content (AvgIpc) is 2.36. The third-order valence-corrected chi connectivity index (χ3v) is 4.48. The van der Waals surface area contributed by atoms with Gasteiger partial charge in [-0.25, -0.2) is 4.39 Å². The maximum Gasteiger partial charge on any atom is 0.141 e. The van der Waals surface area contributed by atoms with E-state index in [1.165, 1.54) is 6.07 Å². The summed E-state index contributed by atoms with van der Waals surface area (Å²) in [5.41, 5.74) is 8.17. The number of nitrogens with two attached hydrogens (primary N) is 1. The monoisotopic (exact) mass is 453 g/mol. The van der Waals surface area contributed by atoms with Crippen molar-refractivity contribution in [2.45, 2.75) is 12.5 Å². The fourth-order valence-electron chi connectivity index (χ4n) is 1.83. The predicted octanol–water partition coefficient (Wildman–Crippen LogP) is 5.09. The van der Waals surface area contributed by atoms with Gasteiger partial charge in [-0.15, -0.1) is 0 Å². The fourth-order valence-corrected chi connectivity index (χ4v) is 3.09. The van der Waals surface area contributed by atoms with Crippen molar-refractivity contribution in [1.82, 2.24) is 0 Å². The van der Waals surface area contributed by atoms with Gasteiger partial charge >= 0.3 is 0 Å². The van der Waals surface area contributed by atoms with Gasteiger partial charge in [0.25, 0.3) is 0 Å². The topological polar surface area (TPSA) is 26.0 Å². The Hall–Kier alpha value is -0.170. The van der Waals surface area contributed by atoms with Gasteiger partial charge in [-0.3, -0.25) is 0 Å². The molecule has 0 radical (unpaired) electrons. The molecule has 2 aromatic rings. The van der Waals surface area contributed by atoms with E-state index in [4.69, 9.17) is 17.3 Å². The lowest BCUT2D eigenvalue weighted by Crippen LogP contribution is -2.14. The molecule has 5 heteroatoms. The quantitative estimate of drug-likeness (QED) is 0.643. The Kier molecular flexibility index (Phi) is 5.22. The maximum atomic E-state index is 13.1. The molecule has 0 aliphatic carbocycles. The van der Waals surface area contributed by atoms with E-state index >= 15 is 0 Å². The molecule has 1 unspecified atom stereocenters. The predicted molar refractivity (Wildman–Crippen MR) is 88.9 cm³/mol. The minimum Gasteiger partial charge on any atom is -0.324 e. The van der Waals surface area contributed by atoms with Crippen LogP contribution in [0, 0.1) is 9.39 Å². The minimum absolute atomic E-state index is 0.131. The highest BCUT2D eigenvalue weighted by Gasteiger charge is 2.12. The molecule has 0 bridgehead atoms. The molecule has 0 amide bonds. The molecule has 2 N–H and O–H groups in total. The van der Waals surface area contributed by atoms with Gasteiger partial charge < -0.3 is 5.73 Å². The SMILES string of the molecule is NC(Cc1ccc(F)c(Cl)c1)c1cc(I)ccc1Br. The van der Waals surface area contributed by atoms with Crippen LogP contribution >= 0.6 is 50.1 Å². The third kappa shape index (κ3) is 3.90. The molecule has 0 heterocycles. The zero-order valence-electron chi connectivity index (χ0n) is 9.84. The molecular weight excluding hydrogens is 443 g/mol. The van der Waals surface area contributed by atoms with Gasteiger partial charge in [0.1, 0.15) is 5.82 Å². The molecule has 0 saturated carbocycles. The second-order valence-electron chi connectivity index (χ2n) is 4.22. The average molecular weight is 455 g/mol. The van der Waals surface area contributed by atoms with Crippen molar-refractivity contribution in [3.8, 4) is 0 Å². The van der Waals surface area contributed by atoms with E-state index < -0.39 is 5.82 Å². The third-order valence-electron chi connectivity index (χ3n) is 2.80. The van der Waals surface area contributed by atoms with Gasteiger partial charge in [-0.1, -0.05) is 33.6 Å². The van der Waals surface area contributed by atoms with Crippen molar-refractivity contribution >= 4 is 50.1 Å². The summed E-state index contributed by atoms with van der Waals surface area (Å²) in [6, 6.07) is 10.6. The van der Waals surface area contributed by atoms with Crippen LogP contribution in [0.5, 0.6) is 0 Å². The molecule has 0 aliphatic rings. The Balaban J connectivity index is 2.22. The standard InChI is InChI=1S/C14H11BrClFIN/c15-11-3-2-9(18)7-10(11)14(19)6-8-1-4-13(17)12(16)5-8/h1-5,7,14H,6,19H2. The van der Waals surface area contributed by atoms with Gasteiger partial charge in [0, 0.05) is 14.1 Å². The summed E-state index contributed by atoms with van der Waals surface area (Å²) in [4.78, 5) is 0. The van der Waals surface area contributed by atoms with Crippen LogP contribution in [0.2, 0.25) is 5.02 Å². The van der Waals surface area contributed by atoms with Gasteiger partial charge in [0.2, 0.25) is 0 Å². The second kappa shape index (κ2) is 6.52. The first-order valence-corrected chi connectivity index (χ1v) is 7.87. The van der Waals surface area contributed by atoms with Crippen LogP contribution in [0.25, 0.3) is 0 Å². The summed E-state index contributed by atoms with van der Waals surface area (Å²) < 4.78 is 15.2. The zero-order valence-corrected chi connectivity index (χ0v) is 14.3. The Morgan fingerprint density at radius 3 is 2.68 bits per heavy atom. The van der Waals surface area contributed by atoms with Gasteiger partial charge in [0.15, 0.2) is 0 Å². The van der Waals surface area contributed by atoms with E-state index in [1.54, 1.807) is 12.1 Å². The summed E-state index contributed by atoms with van der Waals surface area (Å²) in [5, 5.41) is 0.131. The summed E-state index contributed by atoms with van der Waals surface area (Å²) in [6.07, 6.45) is 0.610. The van der Waals surface area contributed by atoms with Gasteiger partial charge in [-0.2, -0.15) is 0 Å². The molecule has 0 fully saturated rings. The van der Waals surface area contributed by atoms with E-state index in [0.717, 1.165) is 19.2 Å². The second-order valence-corrected chi connectivity index (χ2v) is 6.73. The Morgan fingerprint density at radius 1 is 1.26 bits per heavy atom. The molecule has 1 atom stereocenters. The molecule has 1 nitrogen and oxygen atoms in total. The van der Waals surface area contributed by atoms with Crippen LogP contribution in [0.4, 0.5) is 4.39 Å². The van der Waals surface area contributed by atoms with Crippen molar-refractivity contribution in [2.75, 3.05) is 0 Å². The van der Waals surface area contributed by atoms with Gasteiger partial charge in [-0.05, 0) is 70.5 Å². The molecule has 0 aromatic heterocycles. The van der Waals surface area contributed by atoms with E-state index in [0.29, 0.717) is 6.42 Å². The first-order chi connectivity index (χ1) is 8.97. The Labute approximate surface area is 138 Å². The lowest BCUT2D eigenvalue weighted by Gasteiger charge is -2.15. The Bertz CT molecular complexity index is 606. The highest BCUT2D eigenvalue weighted by molar-refractivity contribution is 14.1. The highest BCUT2D eigenvalue weighted by atomic mass is 127. The number of benzene rings is 2. The van der Waals surface area contributed by atoms with Crippen molar-refractivity contribution < 1.29 is 4.39 Å². The van der Waals surface area contributed by atoms with Crippen LogP contribution in [0.3, 0.4) is 0 Å². The number of hydrogen-bond acceptors (Lipinski definition) is 1. The van der Waals surface area contributed by atoms with E-state index in [1.807, 2.05) is 18.2 Å². The maximum absolute atomic E-state index is 13.1. The van der Waals surface area contributed by atoms with Gasteiger partial charge in [0.05, 0.1) is 5.02 Å². The normalized spacial score (nSPS) is 12.5. The number of hydrogen-bond donors (Lipinski definition) is 1. The van der Waals surface area contributed by atoms with Crippen LogP contribution in [0.15, 0.2) is 40.9 Å². The van der Waals surface area contributed by atoms with Crippen LogP contribution in [-0.2, 0) is 6.42 Å². The summed E-state index contributed by atoms with van der Waals surface area (Å²) >= 11 is 11.5. The molecule has 2 aromatic carbocycles. The van der Waals surface area contributed by atoms with E-state index in [-0.39, 0.29) is 11.1 Å². The highest BCUT2D eigenvalue weighted by Crippen LogP contribution is 2.27. The van der Waals surface area contributed by atoms with Crippen molar-refractivity contribution in [1.29, 1.82) is 0 Å². The molecule has 0 aliphatic heterocycles. The van der Waals surface area contributed by atoms with Crippen LogP contribution in [-0.4, -0.2) is 0 Å². The van der Waals surface area contributed by atoms with Crippen LogP contribution in [0.1, 0.15) is 17.2 Å². The lowest BCUT2D eigenvalue weighted by atomic mass is 10.00. The van der Waals surface area contributed by atoms with Crippen molar-refractivity contribution in [3.63, 3.8) is 0 Å². The summed E-state index contributed by atoms with van der Waals surface area (Å²) in [7, 11) is 0. The smallest absolute Gasteiger partial charge is 0.141 e. The minimum atomic E-state index is -0.408. The first-order valence-electron chi connectivity index (χ1n) is 5.62. The first kappa shape index (κ1) is 15.2. The molecule has 19 heavy (non-hydrogen) atoms. The largest absolute Gasteiger partial charge is 0.324 e. The molecule has 0 spiro atoms. The van der Waals surface area contributed by atoms with Crippen molar-refractivity contribution in [3.05, 3.63) is 66.4 Å². The molecule has 100 valence electrons. The van der Waals surface area contributed by atoms with E-state index in [9.17, 15) is 4.39 Å². The fraction of sp³-hybridized carbons (Fsp3) is 0.143. The van der Waals surface area contributed by atoms with E-state index in [2.05, 4.69) is 38.5 Å². The van der Waals surface area contributed by atoms with Crippen molar-refractivity contribution in [2.24, 2.45) is 5.73 Å². The number of rotatable bonds is 3. The molecule has 2 rings (SSSR count). The van der Waals surface area contributed by atoms with Crippen LogP contribution < -0.4 is 5.73 Å².